The highest BCUT2D eigenvalue weighted by molar-refractivity contribution is 7.90. The standard InChI is InChI=1S/C16H20N4O4S/c1-25(23,24)15-8-4-7-14(16(15)20(21)22)17-11-12-9-10-19(18-12)13-5-2-3-6-13/h4,7-10,13,17H,2-3,5-6,11H2,1H3. The zero-order valence-corrected chi connectivity index (χ0v) is 14.7. The van der Waals surface area contributed by atoms with E-state index in [1.165, 1.54) is 31.0 Å². The van der Waals surface area contributed by atoms with Crippen LogP contribution in [0.4, 0.5) is 11.4 Å². The van der Waals surface area contributed by atoms with Gasteiger partial charge in [0.05, 0.1) is 23.2 Å². The molecule has 3 rings (SSSR count). The van der Waals surface area contributed by atoms with E-state index < -0.39 is 20.4 Å². The Kier molecular flexibility index (Phi) is 4.76. The van der Waals surface area contributed by atoms with Crippen molar-refractivity contribution in [3.63, 3.8) is 0 Å². The topological polar surface area (TPSA) is 107 Å². The molecule has 134 valence electrons. The molecule has 1 heterocycles. The number of nitrogens with zero attached hydrogens (tertiary/aromatic N) is 3. The number of para-hydroxylation sites is 1. The Labute approximate surface area is 145 Å². The molecule has 0 radical (unpaired) electrons. The molecule has 0 bridgehead atoms. The summed E-state index contributed by atoms with van der Waals surface area (Å²) in [7, 11) is -3.69. The van der Waals surface area contributed by atoms with Crippen molar-refractivity contribution in [3.8, 4) is 0 Å². The van der Waals surface area contributed by atoms with Crippen molar-refractivity contribution < 1.29 is 13.3 Å². The van der Waals surface area contributed by atoms with Crippen LogP contribution in [0, 0.1) is 10.1 Å². The maximum Gasteiger partial charge on any atom is 0.310 e. The van der Waals surface area contributed by atoms with Gasteiger partial charge in [-0.05, 0) is 31.0 Å². The molecule has 0 amide bonds. The Bertz CT molecular complexity index is 885. The maximum atomic E-state index is 11.8. The van der Waals surface area contributed by atoms with Gasteiger partial charge in [-0.1, -0.05) is 18.9 Å². The van der Waals surface area contributed by atoms with Crippen LogP contribution in [-0.2, 0) is 16.4 Å². The van der Waals surface area contributed by atoms with Crippen molar-refractivity contribution in [3.05, 3.63) is 46.3 Å². The van der Waals surface area contributed by atoms with Gasteiger partial charge in [0.15, 0.2) is 9.84 Å². The monoisotopic (exact) mass is 364 g/mol. The van der Waals surface area contributed by atoms with Crippen LogP contribution in [0.25, 0.3) is 0 Å². The van der Waals surface area contributed by atoms with E-state index in [-0.39, 0.29) is 17.1 Å². The second-order valence-corrected chi connectivity index (χ2v) is 8.24. The van der Waals surface area contributed by atoms with Crippen LogP contribution < -0.4 is 5.32 Å². The van der Waals surface area contributed by atoms with Crippen molar-refractivity contribution in [1.29, 1.82) is 0 Å². The number of nitro groups is 1. The number of nitrogens with one attached hydrogen (secondary N) is 1. The molecule has 1 aromatic carbocycles. The van der Waals surface area contributed by atoms with Crippen LogP contribution in [0.2, 0.25) is 0 Å². The smallest absolute Gasteiger partial charge is 0.310 e. The Hall–Kier alpha value is -2.42. The molecule has 0 aliphatic heterocycles. The fourth-order valence-electron chi connectivity index (χ4n) is 3.18. The molecule has 0 unspecified atom stereocenters. The molecule has 1 aliphatic carbocycles. The first-order chi connectivity index (χ1) is 11.9. The Balaban J connectivity index is 1.80. The van der Waals surface area contributed by atoms with Gasteiger partial charge >= 0.3 is 5.69 Å². The summed E-state index contributed by atoms with van der Waals surface area (Å²) in [6.07, 6.45) is 7.55. The Morgan fingerprint density at radius 2 is 2.04 bits per heavy atom. The SMILES string of the molecule is CS(=O)(=O)c1cccc(NCc2ccn(C3CCCC3)n2)c1[N+](=O)[O-]. The van der Waals surface area contributed by atoms with Crippen molar-refractivity contribution in [2.45, 2.75) is 43.2 Å². The summed E-state index contributed by atoms with van der Waals surface area (Å²) >= 11 is 0. The molecular weight excluding hydrogens is 344 g/mol. The van der Waals surface area contributed by atoms with Crippen molar-refractivity contribution >= 4 is 21.2 Å². The van der Waals surface area contributed by atoms with E-state index >= 15 is 0 Å². The Morgan fingerprint density at radius 3 is 2.68 bits per heavy atom. The molecule has 1 aliphatic rings. The molecule has 0 spiro atoms. The molecule has 0 atom stereocenters. The van der Waals surface area contributed by atoms with Crippen LogP contribution in [0.1, 0.15) is 37.4 Å². The zero-order chi connectivity index (χ0) is 18.0. The van der Waals surface area contributed by atoms with Crippen LogP contribution in [-0.4, -0.2) is 29.4 Å². The van der Waals surface area contributed by atoms with Gasteiger partial charge in [-0.2, -0.15) is 5.10 Å². The number of hydrogen-bond acceptors (Lipinski definition) is 6. The second-order valence-electron chi connectivity index (χ2n) is 6.26. The predicted molar refractivity (Wildman–Crippen MR) is 93.3 cm³/mol. The quantitative estimate of drug-likeness (QED) is 0.624. The average Bonchev–Trinajstić information content (AvgIpc) is 3.22. The lowest BCUT2D eigenvalue weighted by Crippen LogP contribution is -2.09. The third-order valence-corrected chi connectivity index (χ3v) is 5.53. The highest BCUT2D eigenvalue weighted by Gasteiger charge is 2.26. The third kappa shape index (κ3) is 3.81. The lowest BCUT2D eigenvalue weighted by Gasteiger charge is -2.10. The normalized spacial score (nSPS) is 15.4. The average molecular weight is 364 g/mol. The minimum absolute atomic E-state index is 0.170. The van der Waals surface area contributed by atoms with E-state index in [0.717, 1.165) is 24.8 Å². The van der Waals surface area contributed by atoms with Gasteiger partial charge in [0.25, 0.3) is 0 Å². The number of rotatable bonds is 6. The fraction of sp³-hybridized carbons (Fsp3) is 0.438. The van der Waals surface area contributed by atoms with E-state index in [1.807, 2.05) is 16.9 Å². The van der Waals surface area contributed by atoms with Gasteiger partial charge in [-0.15, -0.1) is 0 Å². The summed E-state index contributed by atoms with van der Waals surface area (Å²) in [4.78, 5) is 10.4. The summed E-state index contributed by atoms with van der Waals surface area (Å²) < 4.78 is 25.5. The zero-order valence-electron chi connectivity index (χ0n) is 13.9. The molecule has 2 aromatic rings. The molecule has 25 heavy (non-hydrogen) atoms. The van der Waals surface area contributed by atoms with Gasteiger partial charge in [-0.25, -0.2) is 8.42 Å². The summed E-state index contributed by atoms with van der Waals surface area (Å²) in [6, 6.07) is 6.53. The predicted octanol–water partition coefficient (Wildman–Crippen LogP) is 2.92. The van der Waals surface area contributed by atoms with E-state index in [9.17, 15) is 18.5 Å². The number of aromatic nitrogens is 2. The van der Waals surface area contributed by atoms with Crippen LogP contribution >= 0.6 is 0 Å². The van der Waals surface area contributed by atoms with Crippen molar-refractivity contribution in [2.75, 3.05) is 11.6 Å². The molecule has 1 fully saturated rings. The molecular formula is C16H20N4O4S. The third-order valence-electron chi connectivity index (χ3n) is 4.40. The van der Waals surface area contributed by atoms with Gasteiger partial charge in [0.2, 0.25) is 0 Å². The number of hydrogen-bond donors (Lipinski definition) is 1. The summed E-state index contributed by atoms with van der Waals surface area (Å²) in [5, 5.41) is 18.8. The van der Waals surface area contributed by atoms with Crippen molar-refractivity contribution in [1.82, 2.24) is 9.78 Å². The van der Waals surface area contributed by atoms with E-state index in [4.69, 9.17) is 0 Å². The Morgan fingerprint density at radius 1 is 1.32 bits per heavy atom. The molecule has 9 heteroatoms. The molecule has 8 nitrogen and oxygen atoms in total. The number of anilines is 1. The van der Waals surface area contributed by atoms with Crippen LogP contribution in [0.15, 0.2) is 35.4 Å². The van der Waals surface area contributed by atoms with Gasteiger partial charge < -0.3 is 5.32 Å². The summed E-state index contributed by atoms with van der Waals surface area (Å²) in [5.74, 6) is 0. The first-order valence-electron chi connectivity index (χ1n) is 8.11. The summed E-state index contributed by atoms with van der Waals surface area (Å²) in [6.45, 7) is 0.285. The van der Waals surface area contributed by atoms with Crippen LogP contribution in [0.5, 0.6) is 0 Å². The first-order valence-corrected chi connectivity index (χ1v) is 10.0. The summed E-state index contributed by atoms with van der Waals surface area (Å²) in [5.41, 5.74) is 0.495. The highest BCUT2D eigenvalue weighted by Crippen LogP contribution is 2.32. The van der Waals surface area contributed by atoms with E-state index in [2.05, 4.69) is 10.4 Å². The number of sulfone groups is 1. The minimum atomic E-state index is -3.69. The second kappa shape index (κ2) is 6.83. The van der Waals surface area contributed by atoms with Gasteiger partial charge in [0.1, 0.15) is 10.6 Å². The molecule has 1 saturated carbocycles. The highest BCUT2D eigenvalue weighted by atomic mass is 32.2. The number of benzene rings is 1. The maximum absolute atomic E-state index is 11.8. The lowest BCUT2D eigenvalue weighted by atomic mass is 10.2. The number of nitro benzene ring substituents is 1. The van der Waals surface area contributed by atoms with Crippen LogP contribution in [0.3, 0.4) is 0 Å². The largest absolute Gasteiger partial charge is 0.374 e. The fourth-order valence-corrected chi connectivity index (χ4v) is 4.04. The van der Waals surface area contributed by atoms with Gasteiger partial charge in [0, 0.05) is 12.5 Å². The molecule has 0 saturated heterocycles. The van der Waals surface area contributed by atoms with E-state index in [1.54, 1.807) is 0 Å². The molecule has 1 N–H and O–H groups in total. The minimum Gasteiger partial charge on any atom is -0.374 e. The molecule has 1 aromatic heterocycles. The van der Waals surface area contributed by atoms with Gasteiger partial charge in [-0.3, -0.25) is 14.8 Å². The first kappa shape index (κ1) is 17.4. The van der Waals surface area contributed by atoms with Crippen molar-refractivity contribution in [2.24, 2.45) is 0 Å². The van der Waals surface area contributed by atoms with E-state index in [0.29, 0.717) is 6.04 Å². The lowest BCUT2D eigenvalue weighted by molar-refractivity contribution is -0.386.